The van der Waals surface area contributed by atoms with Crippen molar-refractivity contribution in [2.24, 2.45) is 0 Å². The summed E-state index contributed by atoms with van der Waals surface area (Å²) in [5, 5.41) is 19.6. The Morgan fingerprint density at radius 3 is 3.15 bits per heavy atom. The van der Waals surface area contributed by atoms with Crippen molar-refractivity contribution in [1.82, 2.24) is 20.2 Å². The van der Waals surface area contributed by atoms with Crippen molar-refractivity contribution < 1.29 is 9.90 Å². The number of carbonyl (C=O) groups is 1. The maximum atomic E-state index is 10.7. The highest BCUT2D eigenvalue weighted by Crippen LogP contribution is 2.16. The van der Waals surface area contributed by atoms with Crippen molar-refractivity contribution in [2.75, 3.05) is 11.9 Å². The summed E-state index contributed by atoms with van der Waals surface area (Å²) in [4.78, 5) is 12.2. The lowest BCUT2D eigenvalue weighted by Gasteiger charge is -2.19. The number of aliphatic carboxylic acids is 1. The van der Waals surface area contributed by atoms with Gasteiger partial charge in [0, 0.05) is 13.2 Å². The molecule has 0 amide bonds. The minimum absolute atomic E-state index is 0.210. The van der Waals surface area contributed by atoms with Crippen LogP contribution < -0.4 is 4.90 Å². The quantitative estimate of drug-likeness (QED) is 0.603. The summed E-state index contributed by atoms with van der Waals surface area (Å²) in [6.07, 6.45) is 1.51. The van der Waals surface area contributed by atoms with Crippen LogP contribution in [-0.4, -0.2) is 38.3 Å². The van der Waals surface area contributed by atoms with Crippen molar-refractivity contribution in [1.29, 1.82) is 0 Å². The summed E-state index contributed by atoms with van der Waals surface area (Å²) < 4.78 is 1.43. The number of fused-ring (bicyclic) bond motifs is 1. The van der Waals surface area contributed by atoms with Gasteiger partial charge in [-0.2, -0.15) is 0 Å². The van der Waals surface area contributed by atoms with Gasteiger partial charge in [0.25, 0.3) is 0 Å². The zero-order chi connectivity index (χ0) is 9.42. The van der Waals surface area contributed by atoms with E-state index in [1.807, 2.05) is 0 Å². The van der Waals surface area contributed by atoms with E-state index in [2.05, 4.69) is 15.5 Å². The van der Waals surface area contributed by atoms with Crippen LogP contribution in [0.4, 0.5) is 5.95 Å². The van der Waals surface area contributed by atoms with Crippen molar-refractivity contribution in [2.45, 2.75) is 6.54 Å². The molecule has 1 aromatic rings. The van der Waals surface area contributed by atoms with Gasteiger partial charge in [0.2, 0.25) is 5.95 Å². The highest BCUT2D eigenvalue weighted by Gasteiger charge is 2.20. The van der Waals surface area contributed by atoms with E-state index in [1.54, 1.807) is 11.9 Å². The fourth-order valence-corrected chi connectivity index (χ4v) is 1.17. The van der Waals surface area contributed by atoms with Crippen LogP contribution in [0.15, 0.2) is 11.8 Å². The van der Waals surface area contributed by atoms with Crippen molar-refractivity contribution in [3.63, 3.8) is 0 Å². The Labute approximate surface area is 73.3 Å². The Balaban J connectivity index is 2.39. The largest absolute Gasteiger partial charge is 0.478 e. The molecule has 7 nitrogen and oxygen atoms in total. The number of nitrogens with zero attached hydrogens (tertiary/aromatic N) is 5. The SMILES string of the molecule is CN1C=C(C(=O)O)Cn2nnnc21. The third kappa shape index (κ3) is 1.13. The second-order valence-electron chi connectivity index (χ2n) is 2.71. The summed E-state index contributed by atoms with van der Waals surface area (Å²) >= 11 is 0. The second-order valence-corrected chi connectivity index (χ2v) is 2.71. The molecule has 7 heteroatoms. The normalized spacial score (nSPS) is 15.2. The summed E-state index contributed by atoms with van der Waals surface area (Å²) in [5.74, 6) is -0.405. The summed E-state index contributed by atoms with van der Waals surface area (Å²) in [5.41, 5.74) is 0.266. The Kier molecular flexibility index (Phi) is 1.51. The summed E-state index contributed by atoms with van der Waals surface area (Å²) in [6.45, 7) is 0.210. The van der Waals surface area contributed by atoms with Gasteiger partial charge < -0.3 is 10.0 Å². The van der Waals surface area contributed by atoms with Crippen molar-refractivity contribution >= 4 is 11.9 Å². The maximum absolute atomic E-state index is 10.7. The Hall–Kier alpha value is -1.92. The van der Waals surface area contributed by atoms with Crippen LogP contribution in [0.25, 0.3) is 0 Å². The number of hydrogen-bond acceptors (Lipinski definition) is 5. The molecule has 13 heavy (non-hydrogen) atoms. The number of aromatic nitrogens is 4. The third-order valence-electron chi connectivity index (χ3n) is 1.77. The Bertz CT molecular complexity index is 382. The molecule has 68 valence electrons. The first kappa shape index (κ1) is 7.71. The van der Waals surface area contributed by atoms with E-state index in [9.17, 15) is 4.79 Å². The molecule has 1 aliphatic rings. The average Bonchev–Trinajstić information content (AvgIpc) is 2.51. The molecule has 0 fully saturated rings. The van der Waals surface area contributed by atoms with E-state index >= 15 is 0 Å². The van der Waals surface area contributed by atoms with Crippen molar-refractivity contribution in [3.05, 3.63) is 11.8 Å². The Morgan fingerprint density at radius 1 is 1.69 bits per heavy atom. The molecule has 0 unspecified atom stereocenters. The summed E-state index contributed by atoms with van der Waals surface area (Å²) in [6, 6.07) is 0. The van der Waals surface area contributed by atoms with Gasteiger partial charge in [0.1, 0.15) is 0 Å². The van der Waals surface area contributed by atoms with Crippen LogP contribution in [0.2, 0.25) is 0 Å². The molecule has 0 radical (unpaired) electrons. The third-order valence-corrected chi connectivity index (χ3v) is 1.77. The lowest BCUT2D eigenvalue weighted by molar-refractivity contribution is -0.132. The fraction of sp³-hybridized carbons (Fsp3) is 0.333. The predicted molar refractivity (Wildman–Crippen MR) is 41.9 cm³/mol. The second kappa shape index (κ2) is 2.54. The molecule has 0 aliphatic carbocycles. The van der Waals surface area contributed by atoms with Gasteiger partial charge in [0.15, 0.2) is 0 Å². The van der Waals surface area contributed by atoms with E-state index in [0.29, 0.717) is 5.95 Å². The lowest BCUT2D eigenvalue weighted by Crippen LogP contribution is -2.25. The van der Waals surface area contributed by atoms with Crippen LogP contribution in [0.5, 0.6) is 0 Å². The first-order valence-electron chi connectivity index (χ1n) is 3.61. The zero-order valence-electron chi connectivity index (χ0n) is 6.88. The molecule has 1 aliphatic heterocycles. The number of hydrogen-bond donors (Lipinski definition) is 1. The maximum Gasteiger partial charge on any atom is 0.334 e. The molecule has 1 N–H and O–H groups in total. The van der Waals surface area contributed by atoms with Gasteiger partial charge in [-0.15, -0.1) is 0 Å². The van der Waals surface area contributed by atoms with Gasteiger partial charge in [0.05, 0.1) is 12.1 Å². The summed E-state index contributed by atoms with van der Waals surface area (Å²) in [7, 11) is 1.70. The smallest absolute Gasteiger partial charge is 0.334 e. The van der Waals surface area contributed by atoms with Gasteiger partial charge >= 0.3 is 5.97 Å². The van der Waals surface area contributed by atoms with Crippen LogP contribution in [-0.2, 0) is 11.3 Å². The van der Waals surface area contributed by atoms with E-state index in [1.165, 1.54) is 10.9 Å². The molecule has 1 aromatic heterocycles. The molecular weight excluding hydrogens is 174 g/mol. The number of tetrazole rings is 1. The number of anilines is 1. The van der Waals surface area contributed by atoms with Gasteiger partial charge in [-0.1, -0.05) is 5.10 Å². The standard InChI is InChI=1S/C6H7N5O2/c1-10-2-4(5(12)13)3-11-6(10)7-8-9-11/h2H,3H2,1H3,(H,12,13). The highest BCUT2D eigenvalue weighted by atomic mass is 16.4. The molecule has 0 bridgehead atoms. The molecule has 2 rings (SSSR count). The average molecular weight is 181 g/mol. The van der Waals surface area contributed by atoms with Crippen LogP contribution >= 0.6 is 0 Å². The predicted octanol–water partition coefficient (Wildman–Crippen LogP) is -0.909. The van der Waals surface area contributed by atoms with Gasteiger partial charge in [-0.3, -0.25) is 0 Å². The highest BCUT2D eigenvalue weighted by molar-refractivity contribution is 5.87. The van der Waals surface area contributed by atoms with Crippen LogP contribution in [0.1, 0.15) is 0 Å². The minimum atomic E-state index is -0.951. The first-order valence-corrected chi connectivity index (χ1v) is 3.61. The van der Waals surface area contributed by atoms with E-state index < -0.39 is 5.97 Å². The van der Waals surface area contributed by atoms with Crippen molar-refractivity contribution in [3.8, 4) is 0 Å². The molecule has 0 atom stereocenters. The van der Waals surface area contributed by atoms with E-state index in [0.717, 1.165) is 0 Å². The minimum Gasteiger partial charge on any atom is -0.478 e. The lowest BCUT2D eigenvalue weighted by atomic mass is 10.2. The number of carboxylic acids is 1. The molecule has 0 saturated heterocycles. The molecule has 2 heterocycles. The van der Waals surface area contributed by atoms with E-state index in [4.69, 9.17) is 5.11 Å². The topological polar surface area (TPSA) is 84.1 Å². The molecule has 0 saturated carbocycles. The van der Waals surface area contributed by atoms with Gasteiger partial charge in [-0.25, -0.2) is 9.48 Å². The number of rotatable bonds is 1. The monoisotopic (exact) mass is 181 g/mol. The van der Waals surface area contributed by atoms with Gasteiger partial charge in [-0.05, 0) is 10.4 Å². The molecule has 0 spiro atoms. The molecular formula is C6H7N5O2. The molecule has 0 aromatic carbocycles. The number of carboxylic acid groups (broad SMARTS) is 1. The van der Waals surface area contributed by atoms with Crippen LogP contribution in [0.3, 0.4) is 0 Å². The first-order chi connectivity index (χ1) is 6.18. The van der Waals surface area contributed by atoms with Crippen LogP contribution in [0, 0.1) is 0 Å². The zero-order valence-corrected chi connectivity index (χ0v) is 6.88. The fourth-order valence-electron chi connectivity index (χ4n) is 1.17. The Morgan fingerprint density at radius 2 is 2.46 bits per heavy atom. The van der Waals surface area contributed by atoms with E-state index in [-0.39, 0.29) is 12.1 Å².